The van der Waals surface area contributed by atoms with Crippen molar-refractivity contribution in [3.05, 3.63) is 34.8 Å². The van der Waals surface area contributed by atoms with Gasteiger partial charge in [-0.1, -0.05) is 44.2 Å². The van der Waals surface area contributed by atoms with Crippen LogP contribution in [-0.2, 0) is 7.05 Å². The Balaban J connectivity index is 2.84. The second-order valence-corrected chi connectivity index (χ2v) is 3.93. The van der Waals surface area contributed by atoms with Crippen LogP contribution in [0, 0.1) is 0 Å². The third kappa shape index (κ3) is 1.58. The number of hydrogen-bond donors (Lipinski definition) is 0. The zero-order valence-electron chi connectivity index (χ0n) is 9.46. The largest absolute Gasteiger partial charge is 0.344 e. The summed E-state index contributed by atoms with van der Waals surface area (Å²) >= 11 is 0. The fourth-order valence-corrected chi connectivity index (χ4v) is 1.99. The third-order valence-corrected chi connectivity index (χ3v) is 2.91. The van der Waals surface area contributed by atoms with Crippen LogP contribution in [0.2, 0.25) is 0 Å². The normalized spacial score (nSPS) is 12.5. The number of unbranched alkanes of at least 4 members (excludes halogenated alkanes) is 1. The molecule has 0 atom stereocenters. The van der Waals surface area contributed by atoms with Crippen molar-refractivity contribution in [3.8, 4) is 0 Å². The van der Waals surface area contributed by atoms with E-state index in [4.69, 9.17) is 0 Å². The van der Waals surface area contributed by atoms with E-state index in [0.717, 1.165) is 11.8 Å². The molecule has 1 aromatic heterocycles. The van der Waals surface area contributed by atoms with E-state index in [1.54, 1.807) is 0 Å². The van der Waals surface area contributed by atoms with Gasteiger partial charge in [0.15, 0.2) is 0 Å². The summed E-state index contributed by atoms with van der Waals surface area (Å²) in [5.74, 6) is 0. The molecule has 2 aromatic rings. The van der Waals surface area contributed by atoms with E-state index in [1.165, 1.54) is 22.5 Å². The molecule has 0 bridgehead atoms. The van der Waals surface area contributed by atoms with Crippen molar-refractivity contribution in [2.24, 2.45) is 7.05 Å². The maximum Gasteiger partial charge on any atom is 0.0488 e. The van der Waals surface area contributed by atoms with Gasteiger partial charge in [-0.2, -0.15) is 0 Å². The SMILES string of the molecule is C=c1/c(=C\CCC)c2ccccc2n1C. The van der Waals surface area contributed by atoms with Gasteiger partial charge in [-0.3, -0.25) is 0 Å². The van der Waals surface area contributed by atoms with Gasteiger partial charge in [0, 0.05) is 28.5 Å². The van der Waals surface area contributed by atoms with E-state index in [0.29, 0.717) is 0 Å². The summed E-state index contributed by atoms with van der Waals surface area (Å²) in [4.78, 5) is 0. The quantitative estimate of drug-likeness (QED) is 0.698. The van der Waals surface area contributed by atoms with Crippen LogP contribution in [0.3, 0.4) is 0 Å². The van der Waals surface area contributed by atoms with E-state index in [9.17, 15) is 0 Å². The smallest absolute Gasteiger partial charge is 0.0488 e. The molecule has 1 aromatic carbocycles. The fraction of sp³-hybridized carbons (Fsp3) is 0.286. The summed E-state index contributed by atoms with van der Waals surface area (Å²) in [7, 11) is 2.08. The van der Waals surface area contributed by atoms with Crippen molar-refractivity contribution in [3.63, 3.8) is 0 Å². The molecule has 1 heterocycles. The molecule has 1 heteroatoms. The molecule has 15 heavy (non-hydrogen) atoms. The molecule has 78 valence electrons. The van der Waals surface area contributed by atoms with Gasteiger partial charge < -0.3 is 4.57 Å². The Hall–Kier alpha value is -1.50. The lowest BCUT2D eigenvalue weighted by Gasteiger charge is -1.93. The molecular weight excluding hydrogens is 182 g/mol. The summed E-state index contributed by atoms with van der Waals surface area (Å²) in [6.45, 7) is 6.34. The van der Waals surface area contributed by atoms with Crippen LogP contribution in [0.15, 0.2) is 24.3 Å². The van der Waals surface area contributed by atoms with Gasteiger partial charge in [0.1, 0.15) is 0 Å². The molecule has 0 spiro atoms. The molecule has 0 radical (unpaired) electrons. The van der Waals surface area contributed by atoms with Gasteiger partial charge in [0.05, 0.1) is 0 Å². The molecule has 2 rings (SSSR count). The summed E-state index contributed by atoms with van der Waals surface area (Å²) in [6, 6.07) is 8.48. The Morgan fingerprint density at radius 1 is 1.33 bits per heavy atom. The average Bonchev–Trinajstić information content (AvgIpc) is 2.51. The van der Waals surface area contributed by atoms with E-state index < -0.39 is 0 Å². The monoisotopic (exact) mass is 199 g/mol. The zero-order chi connectivity index (χ0) is 10.8. The first-order chi connectivity index (χ1) is 7.25. The van der Waals surface area contributed by atoms with Crippen molar-refractivity contribution >= 4 is 23.6 Å². The van der Waals surface area contributed by atoms with Gasteiger partial charge in [-0.25, -0.2) is 0 Å². The zero-order valence-corrected chi connectivity index (χ0v) is 9.46. The Labute approximate surface area is 90.3 Å². The molecule has 0 fully saturated rings. The number of rotatable bonds is 2. The second kappa shape index (κ2) is 3.93. The predicted molar refractivity (Wildman–Crippen MR) is 67.1 cm³/mol. The van der Waals surface area contributed by atoms with Gasteiger partial charge >= 0.3 is 0 Å². The Kier molecular flexibility index (Phi) is 2.63. The number of hydrogen-bond acceptors (Lipinski definition) is 0. The standard InChI is InChI=1S/C14H17N/c1-4-5-8-12-11(2)15(3)14-10-7-6-9-13(12)14/h6-10H,2,4-5H2,1,3H3/b12-8+. The van der Waals surface area contributed by atoms with Crippen molar-refractivity contribution in [1.29, 1.82) is 0 Å². The van der Waals surface area contributed by atoms with Crippen LogP contribution < -0.4 is 10.6 Å². The topological polar surface area (TPSA) is 4.93 Å². The minimum absolute atomic E-state index is 1.12. The molecule has 0 unspecified atom stereocenters. The van der Waals surface area contributed by atoms with Crippen LogP contribution in [0.5, 0.6) is 0 Å². The molecular formula is C14H17N. The molecule has 0 N–H and O–H groups in total. The highest BCUT2D eigenvalue weighted by Crippen LogP contribution is 2.06. The Morgan fingerprint density at radius 3 is 2.80 bits per heavy atom. The molecule has 1 nitrogen and oxygen atoms in total. The lowest BCUT2D eigenvalue weighted by molar-refractivity contribution is 0.925. The van der Waals surface area contributed by atoms with E-state index >= 15 is 0 Å². The number of para-hydroxylation sites is 1. The minimum Gasteiger partial charge on any atom is -0.344 e. The first-order valence-electron chi connectivity index (χ1n) is 5.48. The molecule has 0 saturated carbocycles. The Morgan fingerprint density at radius 2 is 2.07 bits per heavy atom. The number of fused-ring (bicyclic) bond motifs is 1. The summed E-state index contributed by atoms with van der Waals surface area (Å²) in [5, 5.41) is 3.73. The van der Waals surface area contributed by atoms with Crippen LogP contribution in [0.25, 0.3) is 23.6 Å². The maximum atomic E-state index is 4.14. The molecule has 0 aliphatic carbocycles. The second-order valence-electron chi connectivity index (χ2n) is 3.93. The van der Waals surface area contributed by atoms with Gasteiger partial charge in [-0.05, 0) is 12.5 Å². The highest BCUT2D eigenvalue weighted by atomic mass is 14.9. The number of aromatic nitrogens is 1. The van der Waals surface area contributed by atoms with Crippen LogP contribution in [0.1, 0.15) is 19.8 Å². The highest BCUT2D eigenvalue weighted by Gasteiger charge is 2.00. The van der Waals surface area contributed by atoms with E-state index in [2.05, 4.69) is 55.5 Å². The third-order valence-electron chi connectivity index (χ3n) is 2.91. The average molecular weight is 199 g/mol. The number of nitrogens with zero attached hydrogens (tertiary/aromatic N) is 1. The number of aryl methyl sites for hydroxylation is 1. The molecule has 0 saturated heterocycles. The maximum absolute atomic E-state index is 4.14. The van der Waals surface area contributed by atoms with E-state index in [1.807, 2.05) is 0 Å². The van der Waals surface area contributed by atoms with Crippen molar-refractivity contribution < 1.29 is 0 Å². The first-order valence-corrected chi connectivity index (χ1v) is 5.48. The molecule has 0 amide bonds. The van der Waals surface area contributed by atoms with Crippen LogP contribution in [0.4, 0.5) is 0 Å². The van der Waals surface area contributed by atoms with Crippen LogP contribution >= 0.6 is 0 Å². The fourth-order valence-electron chi connectivity index (χ4n) is 1.99. The predicted octanol–water partition coefficient (Wildman–Crippen LogP) is 2.17. The van der Waals surface area contributed by atoms with Gasteiger partial charge in [0.25, 0.3) is 0 Å². The lowest BCUT2D eigenvalue weighted by atomic mass is 10.2. The molecule has 0 aliphatic heterocycles. The highest BCUT2D eigenvalue weighted by molar-refractivity contribution is 5.81. The Bertz CT molecular complexity index is 575. The first kappa shape index (κ1) is 10.0. The van der Waals surface area contributed by atoms with Crippen molar-refractivity contribution in [2.75, 3.05) is 0 Å². The van der Waals surface area contributed by atoms with Crippen LogP contribution in [-0.4, -0.2) is 4.57 Å². The summed E-state index contributed by atoms with van der Waals surface area (Å²) < 4.78 is 2.16. The van der Waals surface area contributed by atoms with Gasteiger partial charge in [-0.15, -0.1) is 0 Å². The van der Waals surface area contributed by atoms with E-state index in [-0.39, 0.29) is 0 Å². The summed E-state index contributed by atoms with van der Waals surface area (Å²) in [6.07, 6.45) is 4.60. The molecule has 0 aliphatic rings. The minimum atomic E-state index is 1.12. The number of benzene rings is 1. The summed E-state index contributed by atoms with van der Waals surface area (Å²) in [5.41, 5.74) is 1.27. The lowest BCUT2D eigenvalue weighted by Crippen LogP contribution is -2.25. The van der Waals surface area contributed by atoms with Crippen molar-refractivity contribution in [1.82, 2.24) is 4.57 Å². The van der Waals surface area contributed by atoms with Gasteiger partial charge in [0.2, 0.25) is 0 Å². The van der Waals surface area contributed by atoms with Crippen molar-refractivity contribution in [2.45, 2.75) is 19.8 Å².